The van der Waals surface area contributed by atoms with Gasteiger partial charge in [-0.3, -0.25) is 0 Å². The summed E-state index contributed by atoms with van der Waals surface area (Å²) in [6.07, 6.45) is 7.96. The minimum atomic E-state index is 0.338. The van der Waals surface area contributed by atoms with Crippen LogP contribution in [0.4, 0.5) is 0 Å². The number of thioether (sulfide) groups is 1. The van der Waals surface area contributed by atoms with Gasteiger partial charge in [0.25, 0.3) is 0 Å². The Hall–Kier alpha value is 0.270. The minimum Gasteiger partial charge on any atom is -0.377 e. The maximum atomic E-state index is 5.92. The Labute approximate surface area is 110 Å². The highest BCUT2D eigenvalue weighted by molar-refractivity contribution is 7.98. The van der Waals surface area contributed by atoms with Gasteiger partial charge in [-0.05, 0) is 44.2 Å². The molecule has 1 aliphatic carbocycles. The van der Waals surface area contributed by atoms with Gasteiger partial charge in [0.05, 0.1) is 6.10 Å². The van der Waals surface area contributed by atoms with Crippen molar-refractivity contribution in [3.8, 4) is 0 Å². The van der Waals surface area contributed by atoms with Gasteiger partial charge in [0.2, 0.25) is 0 Å². The average molecular weight is 257 g/mol. The summed E-state index contributed by atoms with van der Waals surface area (Å²) < 4.78 is 5.92. The van der Waals surface area contributed by atoms with Crippen molar-refractivity contribution >= 4 is 11.8 Å². The minimum absolute atomic E-state index is 0.338. The second kappa shape index (κ2) is 5.94. The lowest BCUT2D eigenvalue weighted by Gasteiger charge is -2.60. The van der Waals surface area contributed by atoms with E-state index in [4.69, 9.17) is 4.74 Å². The fraction of sp³-hybridized carbons (Fsp3) is 1.00. The molecule has 0 spiro atoms. The third kappa shape index (κ3) is 2.82. The summed E-state index contributed by atoms with van der Waals surface area (Å²) in [5.41, 5.74) is 0.338. The predicted octanol–water partition coefficient (Wildman–Crippen LogP) is 2.92. The molecule has 0 aromatic rings. The van der Waals surface area contributed by atoms with Crippen molar-refractivity contribution in [2.24, 2.45) is 11.3 Å². The molecule has 0 unspecified atom stereocenters. The zero-order valence-corrected chi connectivity index (χ0v) is 12.3. The van der Waals surface area contributed by atoms with Gasteiger partial charge < -0.3 is 10.1 Å². The highest BCUT2D eigenvalue weighted by Gasteiger charge is 2.57. The van der Waals surface area contributed by atoms with Gasteiger partial charge in [0.15, 0.2) is 0 Å². The first-order chi connectivity index (χ1) is 8.18. The van der Waals surface area contributed by atoms with Crippen LogP contribution in [0.15, 0.2) is 0 Å². The monoisotopic (exact) mass is 257 g/mol. The Morgan fingerprint density at radius 1 is 1.35 bits per heavy atom. The molecule has 0 aromatic heterocycles. The number of hydrogen-bond acceptors (Lipinski definition) is 3. The summed E-state index contributed by atoms with van der Waals surface area (Å²) in [4.78, 5) is 0. The summed E-state index contributed by atoms with van der Waals surface area (Å²) in [6, 6.07) is 0.682. The van der Waals surface area contributed by atoms with Gasteiger partial charge in [-0.1, -0.05) is 13.8 Å². The van der Waals surface area contributed by atoms with E-state index >= 15 is 0 Å². The van der Waals surface area contributed by atoms with E-state index in [1.165, 1.54) is 38.0 Å². The van der Waals surface area contributed by atoms with Crippen molar-refractivity contribution < 1.29 is 4.74 Å². The normalized spacial score (nSPS) is 35.1. The summed E-state index contributed by atoms with van der Waals surface area (Å²) in [6.45, 7) is 6.88. The number of fused-ring (bicyclic) bond motifs is 1. The molecule has 2 nitrogen and oxygen atoms in total. The Morgan fingerprint density at radius 3 is 2.94 bits per heavy atom. The molecule has 1 saturated heterocycles. The van der Waals surface area contributed by atoms with Gasteiger partial charge in [-0.25, -0.2) is 0 Å². The first-order valence-electron chi connectivity index (χ1n) is 7.02. The lowest BCUT2D eigenvalue weighted by atomic mass is 9.55. The summed E-state index contributed by atoms with van der Waals surface area (Å²) >= 11 is 1.95. The van der Waals surface area contributed by atoms with Crippen LogP contribution in [0.5, 0.6) is 0 Å². The zero-order chi connectivity index (χ0) is 12.3. The van der Waals surface area contributed by atoms with Gasteiger partial charge in [-0.2, -0.15) is 11.8 Å². The van der Waals surface area contributed by atoms with E-state index in [1.54, 1.807) is 0 Å². The quantitative estimate of drug-likeness (QED) is 0.739. The molecule has 1 heterocycles. The van der Waals surface area contributed by atoms with Crippen LogP contribution in [0.2, 0.25) is 0 Å². The summed E-state index contributed by atoms with van der Waals surface area (Å²) in [5.74, 6) is 2.07. The van der Waals surface area contributed by atoms with Crippen molar-refractivity contribution in [1.82, 2.24) is 5.32 Å². The second-order valence-corrected chi connectivity index (χ2v) is 7.04. The first kappa shape index (κ1) is 13.7. The standard InChI is InChI=1S/C14H27NOS/c1-14(2)12(15-8-4-5-10-17-3)11-7-6-9-16-13(11)14/h11-13,15H,4-10H2,1-3H3/t11-,12-,13+/m1/s1. The van der Waals surface area contributed by atoms with E-state index in [2.05, 4.69) is 25.4 Å². The molecule has 100 valence electrons. The van der Waals surface area contributed by atoms with E-state index in [0.717, 1.165) is 12.5 Å². The SMILES string of the molecule is CSCCCCN[C@@H]1[C@H]2CCCO[C@@H]2C1(C)C. The second-order valence-electron chi connectivity index (χ2n) is 6.05. The lowest BCUT2D eigenvalue weighted by Crippen LogP contribution is -2.69. The largest absolute Gasteiger partial charge is 0.377 e. The third-order valence-corrected chi connectivity index (χ3v) is 5.17. The number of rotatable bonds is 6. The molecule has 0 bridgehead atoms. The van der Waals surface area contributed by atoms with Crippen LogP contribution in [-0.4, -0.2) is 37.3 Å². The Balaban J connectivity index is 1.72. The zero-order valence-electron chi connectivity index (χ0n) is 11.5. The highest BCUT2D eigenvalue weighted by atomic mass is 32.2. The molecule has 2 rings (SSSR count). The summed E-state index contributed by atoms with van der Waals surface area (Å²) in [7, 11) is 0. The van der Waals surface area contributed by atoms with Crippen LogP contribution in [0.3, 0.4) is 0 Å². The smallest absolute Gasteiger partial charge is 0.0684 e. The predicted molar refractivity (Wildman–Crippen MR) is 75.7 cm³/mol. The van der Waals surface area contributed by atoms with Crippen molar-refractivity contribution in [3.63, 3.8) is 0 Å². The maximum Gasteiger partial charge on any atom is 0.0684 e. The molecule has 1 aliphatic heterocycles. The number of unbranched alkanes of at least 4 members (excludes halogenated alkanes) is 1. The number of nitrogens with one attached hydrogen (secondary N) is 1. The third-order valence-electron chi connectivity index (χ3n) is 4.47. The molecular weight excluding hydrogens is 230 g/mol. The van der Waals surface area contributed by atoms with Crippen molar-refractivity contribution in [1.29, 1.82) is 0 Å². The van der Waals surface area contributed by atoms with Gasteiger partial charge >= 0.3 is 0 Å². The van der Waals surface area contributed by atoms with Crippen LogP contribution in [0.1, 0.15) is 39.5 Å². The highest BCUT2D eigenvalue weighted by Crippen LogP contribution is 2.51. The number of ether oxygens (including phenoxy) is 1. The van der Waals surface area contributed by atoms with Crippen molar-refractivity contribution in [2.45, 2.75) is 51.7 Å². The molecule has 3 atom stereocenters. The van der Waals surface area contributed by atoms with E-state index < -0.39 is 0 Å². The molecule has 1 N–H and O–H groups in total. The topological polar surface area (TPSA) is 21.3 Å². The van der Waals surface area contributed by atoms with E-state index in [1.807, 2.05) is 11.8 Å². The van der Waals surface area contributed by atoms with E-state index in [-0.39, 0.29) is 0 Å². The Kier molecular flexibility index (Phi) is 4.79. The maximum absolute atomic E-state index is 5.92. The van der Waals surface area contributed by atoms with Crippen LogP contribution in [-0.2, 0) is 4.74 Å². The molecular formula is C14H27NOS. The van der Waals surface area contributed by atoms with Crippen LogP contribution >= 0.6 is 11.8 Å². The fourth-order valence-electron chi connectivity index (χ4n) is 3.57. The molecule has 0 aromatic carbocycles. The summed E-state index contributed by atoms with van der Waals surface area (Å²) in [5, 5.41) is 3.78. The van der Waals surface area contributed by atoms with E-state index in [9.17, 15) is 0 Å². The fourth-order valence-corrected chi connectivity index (χ4v) is 4.06. The molecule has 3 heteroatoms. The van der Waals surface area contributed by atoms with Crippen LogP contribution in [0, 0.1) is 11.3 Å². The van der Waals surface area contributed by atoms with Gasteiger partial charge in [0, 0.05) is 24.0 Å². The van der Waals surface area contributed by atoms with Crippen LogP contribution in [0.25, 0.3) is 0 Å². The number of hydrogen-bond donors (Lipinski definition) is 1. The molecule has 2 fully saturated rings. The van der Waals surface area contributed by atoms with Crippen molar-refractivity contribution in [2.75, 3.05) is 25.2 Å². The van der Waals surface area contributed by atoms with E-state index in [0.29, 0.717) is 17.6 Å². The Morgan fingerprint density at radius 2 is 2.18 bits per heavy atom. The van der Waals surface area contributed by atoms with Crippen molar-refractivity contribution in [3.05, 3.63) is 0 Å². The Bertz CT molecular complexity index is 244. The van der Waals surface area contributed by atoms with Crippen LogP contribution < -0.4 is 5.32 Å². The molecule has 1 saturated carbocycles. The average Bonchev–Trinajstić information content (AvgIpc) is 2.33. The first-order valence-corrected chi connectivity index (χ1v) is 8.41. The lowest BCUT2D eigenvalue weighted by molar-refractivity contribution is -0.192. The molecule has 0 radical (unpaired) electrons. The molecule has 17 heavy (non-hydrogen) atoms. The van der Waals surface area contributed by atoms with Gasteiger partial charge in [0.1, 0.15) is 0 Å². The molecule has 2 aliphatic rings. The van der Waals surface area contributed by atoms with Gasteiger partial charge in [-0.15, -0.1) is 0 Å². The molecule has 0 amide bonds.